The van der Waals surface area contributed by atoms with Gasteiger partial charge in [0.15, 0.2) is 15.5 Å². The summed E-state index contributed by atoms with van der Waals surface area (Å²) in [7, 11) is -3.22. The van der Waals surface area contributed by atoms with Crippen LogP contribution >= 0.6 is 23.2 Å². The number of nitrogens with one attached hydrogen (secondary N) is 1. The van der Waals surface area contributed by atoms with Crippen LogP contribution in [-0.2, 0) is 9.84 Å². The fourth-order valence-corrected chi connectivity index (χ4v) is 2.81. The van der Waals surface area contributed by atoms with E-state index in [-0.39, 0.29) is 10.0 Å². The third-order valence-electron chi connectivity index (χ3n) is 2.94. The quantitative estimate of drug-likeness (QED) is 0.725. The van der Waals surface area contributed by atoms with Gasteiger partial charge in [0.05, 0.1) is 15.4 Å². The van der Waals surface area contributed by atoms with Crippen molar-refractivity contribution in [1.82, 2.24) is 15.0 Å². The van der Waals surface area contributed by atoms with Crippen LogP contribution < -0.4 is 0 Å². The Balaban J connectivity index is 2.08. The molecule has 0 fully saturated rings. The van der Waals surface area contributed by atoms with E-state index in [4.69, 9.17) is 23.2 Å². The number of aromatic amines is 1. The van der Waals surface area contributed by atoms with E-state index in [1.165, 1.54) is 12.1 Å². The second-order valence-electron chi connectivity index (χ2n) is 4.51. The molecular formula is C13H9Cl2N3O2S. The van der Waals surface area contributed by atoms with Crippen molar-refractivity contribution in [2.45, 2.75) is 4.90 Å². The molecule has 0 bridgehead atoms. The molecule has 3 rings (SSSR count). The van der Waals surface area contributed by atoms with Gasteiger partial charge in [-0.25, -0.2) is 18.4 Å². The summed E-state index contributed by atoms with van der Waals surface area (Å²) >= 11 is 11.8. The van der Waals surface area contributed by atoms with E-state index in [9.17, 15) is 8.42 Å². The average molecular weight is 342 g/mol. The highest BCUT2D eigenvalue weighted by atomic mass is 35.5. The van der Waals surface area contributed by atoms with Crippen molar-refractivity contribution in [2.75, 3.05) is 6.26 Å². The number of benzene rings is 1. The predicted octanol–water partition coefficient (Wildman–Crippen LogP) is 3.34. The van der Waals surface area contributed by atoms with Crippen molar-refractivity contribution in [3.8, 4) is 11.4 Å². The van der Waals surface area contributed by atoms with Crippen molar-refractivity contribution >= 4 is 44.2 Å². The molecule has 0 spiro atoms. The van der Waals surface area contributed by atoms with Gasteiger partial charge in [-0.2, -0.15) is 0 Å². The number of H-pyrrole nitrogens is 1. The van der Waals surface area contributed by atoms with Crippen LogP contribution in [-0.4, -0.2) is 29.6 Å². The zero-order valence-corrected chi connectivity index (χ0v) is 13.1. The van der Waals surface area contributed by atoms with Crippen molar-refractivity contribution < 1.29 is 8.42 Å². The Bertz CT molecular complexity index is 895. The van der Waals surface area contributed by atoms with E-state index in [1.807, 2.05) is 0 Å². The zero-order valence-electron chi connectivity index (χ0n) is 10.8. The number of rotatable bonds is 2. The first-order chi connectivity index (χ1) is 9.84. The van der Waals surface area contributed by atoms with Gasteiger partial charge < -0.3 is 4.98 Å². The normalized spacial score (nSPS) is 12.0. The minimum Gasteiger partial charge on any atom is -0.337 e. The molecule has 0 saturated carbocycles. The van der Waals surface area contributed by atoms with Crippen molar-refractivity contribution in [3.63, 3.8) is 0 Å². The molecule has 3 aromatic rings. The lowest BCUT2D eigenvalue weighted by molar-refractivity contribution is 0.602. The van der Waals surface area contributed by atoms with Crippen LogP contribution in [0.1, 0.15) is 0 Å². The molecule has 0 atom stereocenters. The Labute approximate surface area is 130 Å². The van der Waals surface area contributed by atoms with Crippen LogP contribution in [0.4, 0.5) is 0 Å². The number of imidazole rings is 1. The summed E-state index contributed by atoms with van der Waals surface area (Å²) in [6.45, 7) is 0. The molecule has 0 unspecified atom stereocenters. The summed E-state index contributed by atoms with van der Waals surface area (Å²) in [5.74, 6) is 0.566. The molecule has 0 aliphatic rings. The lowest BCUT2D eigenvalue weighted by Crippen LogP contribution is -1.96. The fraction of sp³-hybridized carbons (Fsp3) is 0.0769. The summed E-state index contributed by atoms with van der Waals surface area (Å²) < 4.78 is 22.9. The summed E-state index contributed by atoms with van der Waals surface area (Å²) in [4.78, 5) is 11.7. The highest BCUT2D eigenvalue weighted by Crippen LogP contribution is 2.26. The van der Waals surface area contributed by atoms with E-state index < -0.39 is 9.84 Å². The molecule has 8 heteroatoms. The monoisotopic (exact) mass is 341 g/mol. The summed E-state index contributed by atoms with van der Waals surface area (Å²) in [5.41, 5.74) is 1.85. The topological polar surface area (TPSA) is 75.7 Å². The summed E-state index contributed by atoms with van der Waals surface area (Å²) in [5, 5.41) is 0.529. The van der Waals surface area contributed by atoms with Gasteiger partial charge in [0, 0.05) is 11.8 Å². The molecular weight excluding hydrogens is 333 g/mol. The van der Waals surface area contributed by atoms with E-state index in [1.54, 1.807) is 18.2 Å². The number of nitrogens with zero attached hydrogens (tertiary/aromatic N) is 2. The number of hydrogen-bond acceptors (Lipinski definition) is 4. The van der Waals surface area contributed by atoms with Crippen LogP contribution in [0.2, 0.25) is 10.2 Å². The minimum atomic E-state index is -3.22. The van der Waals surface area contributed by atoms with E-state index in [2.05, 4.69) is 15.0 Å². The second kappa shape index (κ2) is 4.98. The zero-order chi connectivity index (χ0) is 15.2. The van der Waals surface area contributed by atoms with Gasteiger partial charge >= 0.3 is 0 Å². The van der Waals surface area contributed by atoms with Gasteiger partial charge in [0.25, 0.3) is 0 Å². The standard InChI is InChI=1S/C13H9Cl2N3O2S/c1-21(19,20)8-4-2-7(3-5-8)12-16-10-6-9(14)11(15)17-13(10)18-12/h2-6H,1H3,(H,16,17,18). The van der Waals surface area contributed by atoms with Gasteiger partial charge in [0.1, 0.15) is 11.0 Å². The van der Waals surface area contributed by atoms with Gasteiger partial charge in [0.2, 0.25) is 0 Å². The number of sulfone groups is 1. The SMILES string of the molecule is CS(=O)(=O)c1ccc(-c2nc3nc(Cl)c(Cl)cc3[nH]2)cc1. The maximum absolute atomic E-state index is 11.4. The summed E-state index contributed by atoms with van der Waals surface area (Å²) in [6, 6.07) is 8.07. The number of pyridine rings is 1. The van der Waals surface area contributed by atoms with Crippen LogP contribution in [0.3, 0.4) is 0 Å². The number of aromatic nitrogens is 3. The Hall–Kier alpha value is -1.63. The maximum Gasteiger partial charge on any atom is 0.179 e. The van der Waals surface area contributed by atoms with Crippen LogP contribution in [0.5, 0.6) is 0 Å². The first kappa shape index (κ1) is 14.3. The minimum absolute atomic E-state index is 0.189. The third kappa shape index (κ3) is 2.74. The molecule has 0 saturated heterocycles. The third-order valence-corrected chi connectivity index (χ3v) is 4.74. The highest BCUT2D eigenvalue weighted by molar-refractivity contribution is 7.90. The molecule has 0 aliphatic carbocycles. The summed E-state index contributed by atoms with van der Waals surface area (Å²) in [6.07, 6.45) is 1.16. The highest BCUT2D eigenvalue weighted by Gasteiger charge is 2.11. The molecule has 2 heterocycles. The Morgan fingerprint density at radius 3 is 2.38 bits per heavy atom. The molecule has 0 radical (unpaired) electrons. The van der Waals surface area contributed by atoms with E-state index in [0.717, 1.165) is 11.8 Å². The Morgan fingerprint density at radius 1 is 1.10 bits per heavy atom. The molecule has 1 aromatic carbocycles. The fourth-order valence-electron chi connectivity index (χ4n) is 1.89. The van der Waals surface area contributed by atoms with E-state index in [0.29, 0.717) is 22.0 Å². The van der Waals surface area contributed by atoms with Crippen molar-refractivity contribution in [2.24, 2.45) is 0 Å². The van der Waals surface area contributed by atoms with Gasteiger partial charge in [-0.1, -0.05) is 23.2 Å². The van der Waals surface area contributed by atoms with E-state index >= 15 is 0 Å². The average Bonchev–Trinajstić information content (AvgIpc) is 2.81. The van der Waals surface area contributed by atoms with Crippen molar-refractivity contribution in [3.05, 3.63) is 40.5 Å². The maximum atomic E-state index is 11.4. The van der Waals surface area contributed by atoms with Gasteiger partial charge in [-0.15, -0.1) is 0 Å². The molecule has 5 nitrogen and oxygen atoms in total. The lowest BCUT2D eigenvalue weighted by Gasteiger charge is -1.99. The Kier molecular flexibility index (Phi) is 3.39. The first-order valence-corrected chi connectivity index (χ1v) is 8.51. The van der Waals surface area contributed by atoms with Crippen molar-refractivity contribution in [1.29, 1.82) is 0 Å². The first-order valence-electron chi connectivity index (χ1n) is 5.87. The lowest BCUT2D eigenvalue weighted by atomic mass is 10.2. The second-order valence-corrected chi connectivity index (χ2v) is 7.30. The smallest absolute Gasteiger partial charge is 0.179 e. The molecule has 108 valence electrons. The van der Waals surface area contributed by atoms with Crippen LogP contribution in [0.15, 0.2) is 35.2 Å². The molecule has 0 amide bonds. The largest absolute Gasteiger partial charge is 0.337 e. The molecule has 2 aromatic heterocycles. The Morgan fingerprint density at radius 2 is 1.76 bits per heavy atom. The molecule has 0 aliphatic heterocycles. The number of fused-ring (bicyclic) bond motifs is 1. The molecule has 1 N–H and O–H groups in total. The number of hydrogen-bond donors (Lipinski definition) is 1. The number of halogens is 2. The van der Waals surface area contributed by atoms with Crippen LogP contribution in [0, 0.1) is 0 Å². The van der Waals surface area contributed by atoms with Gasteiger partial charge in [-0.05, 0) is 30.3 Å². The van der Waals surface area contributed by atoms with Gasteiger partial charge in [-0.3, -0.25) is 0 Å². The molecule has 21 heavy (non-hydrogen) atoms. The van der Waals surface area contributed by atoms with Crippen LogP contribution in [0.25, 0.3) is 22.6 Å². The predicted molar refractivity (Wildman–Crippen MR) is 82.5 cm³/mol.